The van der Waals surface area contributed by atoms with Crippen LogP contribution in [0.25, 0.3) is 11.0 Å². The maximum atomic E-state index is 12.8. The van der Waals surface area contributed by atoms with Crippen LogP contribution in [0.15, 0.2) is 39.5 Å². The summed E-state index contributed by atoms with van der Waals surface area (Å²) in [5.41, 5.74) is 1.14. The molecule has 0 radical (unpaired) electrons. The van der Waals surface area contributed by atoms with E-state index < -0.39 is 5.63 Å². The highest BCUT2D eigenvalue weighted by Crippen LogP contribution is 2.29. The third kappa shape index (κ3) is 4.27. The number of ether oxygens (including phenoxy) is 1. The molecule has 30 heavy (non-hydrogen) atoms. The van der Waals surface area contributed by atoms with E-state index in [-0.39, 0.29) is 17.9 Å². The van der Waals surface area contributed by atoms with Gasteiger partial charge < -0.3 is 14.5 Å². The number of carbonyl (C=O) groups excluding carboxylic acids is 2. The lowest BCUT2D eigenvalue weighted by Crippen LogP contribution is -2.35. The van der Waals surface area contributed by atoms with Crippen LogP contribution in [0.2, 0.25) is 0 Å². The quantitative estimate of drug-likeness (QED) is 0.627. The maximum absolute atomic E-state index is 12.8. The predicted molar refractivity (Wildman–Crippen MR) is 114 cm³/mol. The van der Waals surface area contributed by atoms with E-state index in [4.69, 9.17) is 9.15 Å². The van der Waals surface area contributed by atoms with Crippen molar-refractivity contribution in [2.24, 2.45) is 0 Å². The second-order valence-electron chi connectivity index (χ2n) is 7.14. The summed E-state index contributed by atoms with van der Waals surface area (Å²) >= 11 is 1.18. The Morgan fingerprint density at radius 1 is 1.30 bits per heavy atom. The number of thiazole rings is 1. The van der Waals surface area contributed by atoms with E-state index in [1.807, 2.05) is 0 Å². The number of fused-ring (bicyclic) bond motifs is 1. The molecule has 1 aliphatic heterocycles. The van der Waals surface area contributed by atoms with Crippen LogP contribution in [0.5, 0.6) is 0 Å². The summed E-state index contributed by atoms with van der Waals surface area (Å²) in [6.07, 6.45) is 1.88. The Morgan fingerprint density at radius 3 is 2.87 bits per heavy atom. The van der Waals surface area contributed by atoms with Crippen LogP contribution in [0.1, 0.15) is 35.1 Å². The topological polar surface area (TPSA) is 102 Å². The maximum Gasteiger partial charge on any atom is 0.336 e. The van der Waals surface area contributed by atoms with Gasteiger partial charge in [0.2, 0.25) is 5.91 Å². The van der Waals surface area contributed by atoms with Crippen LogP contribution >= 0.6 is 11.3 Å². The molecule has 2 aromatic heterocycles. The highest BCUT2D eigenvalue weighted by atomic mass is 32.1. The first-order chi connectivity index (χ1) is 14.4. The zero-order valence-electron chi connectivity index (χ0n) is 16.6. The summed E-state index contributed by atoms with van der Waals surface area (Å²) in [7, 11) is 0. The van der Waals surface area contributed by atoms with Crippen molar-refractivity contribution >= 4 is 44.9 Å². The monoisotopic (exact) mass is 427 g/mol. The molecule has 1 N–H and O–H groups in total. The van der Waals surface area contributed by atoms with Gasteiger partial charge in [-0.25, -0.2) is 9.78 Å². The van der Waals surface area contributed by atoms with Gasteiger partial charge in [0.15, 0.2) is 5.13 Å². The van der Waals surface area contributed by atoms with Gasteiger partial charge in [0.05, 0.1) is 18.3 Å². The Balaban J connectivity index is 1.54. The lowest BCUT2D eigenvalue weighted by molar-refractivity contribution is -0.116. The SMILES string of the molecule is CC(=O)N(C[C@H]1CCCO1)c1nc(C)c(C(=O)Nc2ccc3oc(=O)ccc3c2)s1. The molecule has 3 heterocycles. The first-order valence-electron chi connectivity index (χ1n) is 9.63. The molecule has 0 bridgehead atoms. The molecule has 0 unspecified atom stereocenters. The van der Waals surface area contributed by atoms with Gasteiger partial charge in [-0.15, -0.1) is 0 Å². The third-order valence-corrected chi connectivity index (χ3v) is 6.07. The second kappa shape index (κ2) is 8.37. The first kappa shape index (κ1) is 20.2. The number of carbonyl (C=O) groups is 2. The van der Waals surface area contributed by atoms with Crippen LogP contribution < -0.4 is 15.8 Å². The predicted octanol–water partition coefficient (Wildman–Crippen LogP) is 3.34. The third-order valence-electron chi connectivity index (χ3n) is 4.89. The van der Waals surface area contributed by atoms with Crippen LogP contribution in [0.3, 0.4) is 0 Å². The molecule has 4 rings (SSSR count). The van der Waals surface area contributed by atoms with Gasteiger partial charge in [0.25, 0.3) is 5.91 Å². The number of anilines is 2. The van der Waals surface area contributed by atoms with E-state index in [1.54, 1.807) is 36.1 Å². The molecule has 3 aromatic rings. The zero-order valence-corrected chi connectivity index (χ0v) is 17.5. The summed E-state index contributed by atoms with van der Waals surface area (Å²) in [4.78, 5) is 42.8. The minimum absolute atomic E-state index is 0.00645. The van der Waals surface area contributed by atoms with E-state index in [9.17, 15) is 14.4 Å². The van der Waals surface area contributed by atoms with Gasteiger partial charge in [-0.3, -0.25) is 14.5 Å². The molecule has 0 aliphatic carbocycles. The summed E-state index contributed by atoms with van der Waals surface area (Å²) in [6, 6.07) is 8.00. The van der Waals surface area contributed by atoms with Crippen molar-refractivity contribution in [2.45, 2.75) is 32.8 Å². The summed E-state index contributed by atoms with van der Waals surface area (Å²) in [5, 5.41) is 4.03. The number of nitrogens with zero attached hydrogens (tertiary/aromatic N) is 2. The molecule has 1 atom stereocenters. The minimum atomic E-state index is -0.426. The summed E-state index contributed by atoms with van der Waals surface area (Å²) in [5.74, 6) is -0.448. The first-order valence-corrected chi connectivity index (χ1v) is 10.4. The molecule has 9 heteroatoms. The van der Waals surface area contributed by atoms with Gasteiger partial charge in [0, 0.05) is 30.7 Å². The van der Waals surface area contributed by atoms with Gasteiger partial charge in [-0.2, -0.15) is 0 Å². The molecule has 8 nitrogen and oxygen atoms in total. The van der Waals surface area contributed by atoms with E-state index in [1.165, 1.54) is 24.3 Å². The van der Waals surface area contributed by atoms with Crippen molar-refractivity contribution in [3.63, 3.8) is 0 Å². The smallest absolute Gasteiger partial charge is 0.336 e. The van der Waals surface area contributed by atoms with Crippen molar-refractivity contribution < 1.29 is 18.7 Å². The highest BCUT2D eigenvalue weighted by Gasteiger charge is 2.26. The summed E-state index contributed by atoms with van der Waals surface area (Å²) < 4.78 is 10.7. The number of amides is 2. The van der Waals surface area contributed by atoms with Crippen LogP contribution in [0.4, 0.5) is 10.8 Å². The van der Waals surface area contributed by atoms with Gasteiger partial charge in [0.1, 0.15) is 10.5 Å². The van der Waals surface area contributed by atoms with Crippen LogP contribution in [-0.2, 0) is 9.53 Å². The van der Waals surface area contributed by atoms with Crippen molar-refractivity contribution in [2.75, 3.05) is 23.4 Å². The number of benzene rings is 1. The Kier molecular flexibility index (Phi) is 5.65. The van der Waals surface area contributed by atoms with Crippen molar-refractivity contribution in [3.05, 3.63) is 51.3 Å². The fourth-order valence-corrected chi connectivity index (χ4v) is 4.39. The fraction of sp³-hybridized carbons (Fsp3) is 0.333. The fourth-order valence-electron chi connectivity index (χ4n) is 3.38. The van der Waals surface area contributed by atoms with Crippen LogP contribution in [-0.4, -0.2) is 36.1 Å². The van der Waals surface area contributed by atoms with Crippen molar-refractivity contribution in [1.29, 1.82) is 0 Å². The van der Waals surface area contributed by atoms with Crippen molar-refractivity contribution in [3.8, 4) is 0 Å². The highest BCUT2D eigenvalue weighted by molar-refractivity contribution is 7.17. The largest absolute Gasteiger partial charge is 0.423 e. The molecule has 1 aliphatic rings. The number of rotatable bonds is 5. The molecular weight excluding hydrogens is 406 g/mol. The van der Waals surface area contributed by atoms with E-state index in [0.717, 1.165) is 12.8 Å². The van der Waals surface area contributed by atoms with E-state index in [0.29, 0.717) is 45.5 Å². The second-order valence-corrected chi connectivity index (χ2v) is 8.11. The van der Waals surface area contributed by atoms with Gasteiger partial charge in [-0.05, 0) is 44.0 Å². The number of nitrogens with one attached hydrogen (secondary N) is 1. The average molecular weight is 427 g/mol. The normalized spacial score (nSPS) is 16.0. The zero-order chi connectivity index (χ0) is 21.3. The Bertz CT molecular complexity index is 1160. The average Bonchev–Trinajstić information content (AvgIpc) is 3.35. The molecular formula is C21H21N3O5S. The molecule has 0 spiro atoms. The molecule has 1 fully saturated rings. The number of hydrogen-bond acceptors (Lipinski definition) is 7. The molecule has 156 valence electrons. The summed E-state index contributed by atoms with van der Waals surface area (Å²) in [6.45, 7) is 4.36. The number of aryl methyl sites for hydroxylation is 1. The van der Waals surface area contributed by atoms with Gasteiger partial charge in [-0.1, -0.05) is 11.3 Å². The molecule has 1 aromatic carbocycles. The molecule has 0 saturated carbocycles. The number of hydrogen-bond donors (Lipinski definition) is 1. The lowest BCUT2D eigenvalue weighted by atomic mass is 10.2. The van der Waals surface area contributed by atoms with E-state index in [2.05, 4.69) is 10.3 Å². The number of aromatic nitrogens is 1. The standard InChI is InChI=1S/C21H21N3O5S/c1-12-19(30-21(22-12)24(13(2)25)11-16-4-3-9-28-16)20(27)23-15-6-7-17-14(10-15)5-8-18(26)29-17/h5-8,10,16H,3-4,9,11H2,1-2H3,(H,23,27)/t16-/m1/s1. The van der Waals surface area contributed by atoms with Crippen LogP contribution in [0, 0.1) is 6.92 Å². The van der Waals surface area contributed by atoms with Gasteiger partial charge >= 0.3 is 5.63 Å². The molecule has 2 amide bonds. The van der Waals surface area contributed by atoms with E-state index >= 15 is 0 Å². The Hall–Kier alpha value is -3.04. The Labute approximate surface area is 176 Å². The minimum Gasteiger partial charge on any atom is -0.423 e. The lowest BCUT2D eigenvalue weighted by Gasteiger charge is -2.21. The molecule has 1 saturated heterocycles. The van der Waals surface area contributed by atoms with Crippen molar-refractivity contribution in [1.82, 2.24) is 4.98 Å². The Morgan fingerprint density at radius 2 is 2.13 bits per heavy atom.